The molecular formula is C18H17N3O5. The van der Waals surface area contributed by atoms with Gasteiger partial charge in [-0.25, -0.2) is 4.98 Å². The number of carbonyl (C=O) groups excluding carboxylic acids is 2. The highest BCUT2D eigenvalue weighted by Gasteiger charge is 2.14. The van der Waals surface area contributed by atoms with Gasteiger partial charge in [-0.1, -0.05) is 12.1 Å². The fourth-order valence-electron chi connectivity index (χ4n) is 2.44. The topological polar surface area (TPSA) is 103 Å². The van der Waals surface area contributed by atoms with Gasteiger partial charge in [-0.3, -0.25) is 19.0 Å². The lowest BCUT2D eigenvalue weighted by Gasteiger charge is -2.12. The van der Waals surface area contributed by atoms with Crippen molar-refractivity contribution in [3.63, 3.8) is 0 Å². The Balaban J connectivity index is 1.55. The van der Waals surface area contributed by atoms with Crippen molar-refractivity contribution in [3.8, 4) is 0 Å². The third-order valence-corrected chi connectivity index (χ3v) is 3.74. The van der Waals surface area contributed by atoms with Gasteiger partial charge >= 0.3 is 5.97 Å². The molecule has 0 radical (unpaired) electrons. The summed E-state index contributed by atoms with van der Waals surface area (Å²) >= 11 is 0. The Kier molecular flexibility index (Phi) is 5.12. The van der Waals surface area contributed by atoms with Crippen molar-refractivity contribution in [3.05, 3.63) is 65.1 Å². The Labute approximate surface area is 148 Å². The highest BCUT2D eigenvalue weighted by molar-refractivity contribution is 5.81. The van der Waals surface area contributed by atoms with Crippen molar-refractivity contribution in [1.82, 2.24) is 14.9 Å². The zero-order valence-corrected chi connectivity index (χ0v) is 14.0. The second-order valence-corrected chi connectivity index (χ2v) is 5.66. The smallest absolute Gasteiger partial charge is 0.326 e. The van der Waals surface area contributed by atoms with Crippen LogP contribution in [0.15, 0.2) is 58.2 Å². The molecule has 1 atom stereocenters. The van der Waals surface area contributed by atoms with Crippen molar-refractivity contribution in [2.24, 2.45) is 0 Å². The average molecular weight is 355 g/mol. The van der Waals surface area contributed by atoms with E-state index in [1.165, 1.54) is 12.6 Å². The van der Waals surface area contributed by atoms with Crippen LogP contribution in [-0.2, 0) is 20.9 Å². The van der Waals surface area contributed by atoms with Crippen LogP contribution < -0.4 is 10.9 Å². The molecule has 2 heterocycles. The Morgan fingerprint density at radius 3 is 2.85 bits per heavy atom. The first-order valence-electron chi connectivity index (χ1n) is 7.97. The monoisotopic (exact) mass is 355 g/mol. The molecule has 0 fully saturated rings. The number of amides is 1. The summed E-state index contributed by atoms with van der Waals surface area (Å²) in [5.74, 6) is -0.574. The molecule has 8 nitrogen and oxygen atoms in total. The molecule has 0 spiro atoms. The fourth-order valence-corrected chi connectivity index (χ4v) is 2.44. The van der Waals surface area contributed by atoms with Crippen LogP contribution in [0.1, 0.15) is 18.7 Å². The predicted octanol–water partition coefficient (Wildman–Crippen LogP) is 1.41. The number of furan rings is 1. The van der Waals surface area contributed by atoms with Crippen molar-refractivity contribution in [2.75, 3.05) is 6.61 Å². The molecule has 0 aliphatic rings. The molecule has 0 aliphatic heterocycles. The summed E-state index contributed by atoms with van der Waals surface area (Å²) in [5, 5.41) is 3.06. The van der Waals surface area contributed by atoms with E-state index in [9.17, 15) is 14.4 Å². The molecule has 0 saturated heterocycles. The number of para-hydroxylation sites is 1. The number of aromatic nitrogens is 2. The van der Waals surface area contributed by atoms with E-state index in [2.05, 4.69) is 10.3 Å². The number of nitrogens with zero attached hydrogens (tertiary/aromatic N) is 2. The first-order valence-corrected chi connectivity index (χ1v) is 7.97. The Morgan fingerprint density at radius 1 is 1.27 bits per heavy atom. The van der Waals surface area contributed by atoms with Gasteiger partial charge < -0.3 is 14.5 Å². The summed E-state index contributed by atoms with van der Waals surface area (Å²) in [4.78, 5) is 40.2. The van der Waals surface area contributed by atoms with Crippen LogP contribution in [0.5, 0.6) is 0 Å². The lowest BCUT2D eigenvalue weighted by Crippen LogP contribution is -2.32. The molecule has 0 unspecified atom stereocenters. The number of hydrogen-bond acceptors (Lipinski definition) is 6. The van der Waals surface area contributed by atoms with Crippen LogP contribution in [0.25, 0.3) is 10.9 Å². The van der Waals surface area contributed by atoms with Crippen LogP contribution in [-0.4, -0.2) is 28.0 Å². The van der Waals surface area contributed by atoms with Gasteiger partial charge in [0.1, 0.15) is 12.3 Å². The molecule has 3 aromatic rings. The molecule has 1 amide bonds. The molecule has 8 heteroatoms. The van der Waals surface area contributed by atoms with E-state index in [0.717, 1.165) is 4.57 Å². The maximum Gasteiger partial charge on any atom is 0.326 e. The van der Waals surface area contributed by atoms with Gasteiger partial charge in [0.25, 0.3) is 11.5 Å². The Bertz CT molecular complexity index is 978. The van der Waals surface area contributed by atoms with Gasteiger partial charge in [-0.15, -0.1) is 0 Å². The maximum absolute atomic E-state index is 12.3. The van der Waals surface area contributed by atoms with E-state index in [1.807, 2.05) is 0 Å². The zero-order chi connectivity index (χ0) is 18.5. The van der Waals surface area contributed by atoms with E-state index in [4.69, 9.17) is 9.15 Å². The minimum Gasteiger partial charge on any atom is -0.467 e. The molecular weight excluding hydrogens is 338 g/mol. The van der Waals surface area contributed by atoms with E-state index >= 15 is 0 Å². The van der Waals surface area contributed by atoms with Gasteiger partial charge in [0, 0.05) is 0 Å². The lowest BCUT2D eigenvalue weighted by atomic mass is 10.2. The van der Waals surface area contributed by atoms with Crippen molar-refractivity contribution < 1.29 is 18.7 Å². The molecule has 0 aliphatic carbocycles. The minimum absolute atomic E-state index is 0.322. The molecule has 1 aromatic carbocycles. The summed E-state index contributed by atoms with van der Waals surface area (Å²) < 4.78 is 11.3. The number of hydrogen-bond donors (Lipinski definition) is 1. The van der Waals surface area contributed by atoms with Crippen LogP contribution in [0, 0.1) is 0 Å². The van der Waals surface area contributed by atoms with E-state index in [1.54, 1.807) is 43.3 Å². The van der Waals surface area contributed by atoms with Crippen LogP contribution in [0.4, 0.5) is 0 Å². The SMILES string of the molecule is C[C@@H](NC(=O)COC(=O)Cn1cnc2ccccc2c1=O)c1ccco1. The van der Waals surface area contributed by atoms with Crippen LogP contribution >= 0.6 is 0 Å². The second kappa shape index (κ2) is 7.64. The first-order chi connectivity index (χ1) is 12.5. The molecule has 26 heavy (non-hydrogen) atoms. The summed E-state index contributed by atoms with van der Waals surface area (Å²) in [6.07, 6.45) is 2.79. The normalized spacial score (nSPS) is 11.9. The fraction of sp³-hybridized carbons (Fsp3) is 0.222. The van der Waals surface area contributed by atoms with Gasteiger partial charge in [0.15, 0.2) is 6.61 Å². The van der Waals surface area contributed by atoms with Crippen molar-refractivity contribution in [2.45, 2.75) is 19.5 Å². The standard InChI is InChI=1S/C18H17N3O5/c1-12(15-7-4-8-25-15)20-16(22)10-26-17(23)9-21-11-19-14-6-3-2-5-13(14)18(21)24/h2-8,11-12H,9-10H2,1H3,(H,20,22)/t12-/m1/s1. The molecule has 0 bridgehead atoms. The number of rotatable bonds is 6. The van der Waals surface area contributed by atoms with Gasteiger partial charge in [0.2, 0.25) is 0 Å². The van der Waals surface area contributed by atoms with E-state index < -0.39 is 18.5 Å². The van der Waals surface area contributed by atoms with Gasteiger partial charge in [-0.2, -0.15) is 0 Å². The average Bonchev–Trinajstić information content (AvgIpc) is 3.17. The molecule has 1 N–H and O–H groups in total. The van der Waals surface area contributed by atoms with E-state index in [0.29, 0.717) is 16.7 Å². The molecule has 134 valence electrons. The number of ether oxygens (including phenoxy) is 1. The number of nitrogens with one attached hydrogen (secondary N) is 1. The summed E-state index contributed by atoms with van der Waals surface area (Å²) in [7, 11) is 0. The Morgan fingerprint density at radius 2 is 2.08 bits per heavy atom. The minimum atomic E-state index is -0.704. The molecule has 0 saturated carbocycles. The summed E-state index contributed by atoms with van der Waals surface area (Å²) in [6.45, 7) is 0.982. The van der Waals surface area contributed by atoms with Gasteiger partial charge in [-0.05, 0) is 31.2 Å². The van der Waals surface area contributed by atoms with Crippen LogP contribution in [0.3, 0.4) is 0 Å². The number of fused-ring (bicyclic) bond motifs is 1. The third kappa shape index (κ3) is 3.97. The lowest BCUT2D eigenvalue weighted by molar-refractivity contribution is -0.149. The number of carbonyl (C=O) groups is 2. The zero-order valence-electron chi connectivity index (χ0n) is 14.0. The molecule has 3 rings (SSSR count). The second-order valence-electron chi connectivity index (χ2n) is 5.66. The summed E-state index contributed by atoms with van der Waals surface area (Å²) in [6, 6.07) is 9.95. The predicted molar refractivity (Wildman–Crippen MR) is 92.2 cm³/mol. The van der Waals surface area contributed by atoms with Crippen molar-refractivity contribution >= 4 is 22.8 Å². The Hall–Kier alpha value is -3.42. The molecule has 2 aromatic heterocycles. The number of esters is 1. The first kappa shape index (κ1) is 17.4. The number of benzene rings is 1. The van der Waals surface area contributed by atoms with E-state index in [-0.39, 0.29) is 18.1 Å². The van der Waals surface area contributed by atoms with Crippen LogP contribution in [0.2, 0.25) is 0 Å². The summed E-state index contributed by atoms with van der Waals surface area (Å²) in [5.41, 5.74) is 0.205. The van der Waals surface area contributed by atoms with Crippen molar-refractivity contribution in [1.29, 1.82) is 0 Å². The quantitative estimate of drug-likeness (QED) is 0.671. The third-order valence-electron chi connectivity index (χ3n) is 3.74. The van der Waals surface area contributed by atoms with Gasteiger partial charge in [0.05, 0.1) is 29.5 Å². The largest absolute Gasteiger partial charge is 0.467 e. The highest BCUT2D eigenvalue weighted by atomic mass is 16.5. The highest BCUT2D eigenvalue weighted by Crippen LogP contribution is 2.11. The maximum atomic E-state index is 12.3.